The summed E-state index contributed by atoms with van der Waals surface area (Å²) in [5.41, 5.74) is 0. The smallest absolute Gasteiger partial charge is 0.311 e. The average molecular weight is 71.1 g/mol. The largest absolute Gasteiger partial charge is 0.336 e. The lowest BCUT2D eigenvalue weighted by atomic mass is 11.0. The van der Waals surface area contributed by atoms with Gasteiger partial charge in [-0.2, -0.15) is 0 Å². The Hall–Kier alpha value is -0.530. The van der Waals surface area contributed by atoms with E-state index in [1.165, 1.54) is 13.5 Å². The van der Waals surface area contributed by atoms with Crippen LogP contribution < -0.4 is 0 Å². The van der Waals surface area contributed by atoms with Crippen LogP contribution in [0.5, 0.6) is 0 Å². The summed E-state index contributed by atoms with van der Waals surface area (Å²) < 4.78 is 0. The van der Waals surface area contributed by atoms with Gasteiger partial charge in [0.1, 0.15) is 0 Å². The summed E-state index contributed by atoms with van der Waals surface area (Å²) in [4.78, 5) is 10.3. The van der Waals surface area contributed by atoms with Gasteiger partial charge in [0, 0.05) is 14.1 Å². The maximum Gasteiger partial charge on any atom is 0.311 e. The summed E-state index contributed by atoms with van der Waals surface area (Å²) in [6.07, 6.45) is 1.50. The van der Waals surface area contributed by atoms with E-state index >= 15 is 0 Å². The highest BCUT2D eigenvalue weighted by atomic mass is 16.1. The fourth-order valence-electron chi connectivity index (χ4n) is 0. The summed E-state index contributed by atoms with van der Waals surface area (Å²) in [6.45, 7) is 0. The first kappa shape index (κ1) is 4.47. The summed E-state index contributed by atoms with van der Waals surface area (Å²) in [7, 11) is 4.69. The van der Waals surface area contributed by atoms with Crippen molar-refractivity contribution in [2.45, 2.75) is 0 Å². The maximum atomic E-state index is 9.24. The monoisotopic (exact) mass is 71.0 g/mol. The van der Waals surface area contributed by atoms with Gasteiger partial charge in [-0.25, -0.2) is 0 Å². The van der Waals surface area contributed by atoms with Crippen molar-refractivity contribution in [3.63, 3.8) is 0 Å². The lowest BCUT2D eigenvalue weighted by Gasteiger charge is -1.90. The molecule has 0 heterocycles. The van der Waals surface area contributed by atoms with Crippen LogP contribution in [0.1, 0.15) is 0 Å². The quantitative estimate of drug-likeness (QED) is 0.391. The van der Waals surface area contributed by atoms with Crippen molar-refractivity contribution in [3.05, 3.63) is 7.05 Å². The van der Waals surface area contributed by atoms with E-state index < -0.39 is 0 Å². The molecule has 0 rings (SSSR count). The van der Waals surface area contributed by atoms with E-state index in [0.717, 1.165) is 4.90 Å². The number of amides is 1. The normalized spacial score (nSPS) is 6.80. The molecule has 0 bridgehead atoms. The van der Waals surface area contributed by atoms with Crippen molar-refractivity contribution in [1.82, 2.24) is 4.90 Å². The van der Waals surface area contributed by atoms with E-state index in [2.05, 4.69) is 7.05 Å². The van der Waals surface area contributed by atoms with Crippen LogP contribution in [0.15, 0.2) is 0 Å². The second-order valence-corrected chi connectivity index (χ2v) is 0.789. The highest BCUT2D eigenvalue weighted by Crippen LogP contribution is 1.57. The molecule has 2 nitrogen and oxygen atoms in total. The van der Waals surface area contributed by atoms with E-state index in [9.17, 15) is 4.79 Å². The molecular formula is C3H5NO. The van der Waals surface area contributed by atoms with Crippen LogP contribution in [0.4, 0.5) is 0 Å². The number of hydrogen-bond acceptors (Lipinski definition) is 1. The van der Waals surface area contributed by atoms with Crippen LogP contribution in [0.25, 0.3) is 0 Å². The highest BCUT2D eigenvalue weighted by molar-refractivity contribution is 5.47. The van der Waals surface area contributed by atoms with E-state index in [-0.39, 0.29) is 0 Å². The summed E-state index contributed by atoms with van der Waals surface area (Å²) in [5.74, 6) is 0. The number of carbonyl (C=O) groups excluding carboxylic acids is 1. The van der Waals surface area contributed by atoms with Crippen molar-refractivity contribution in [2.24, 2.45) is 0 Å². The summed E-state index contributed by atoms with van der Waals surface area (Å²) in [5, 5.41) is 0. The predicted octanol–water partition coefficient (Wildman–Crippen LogP) is -0.223. The van der Waals surface area contributed by atoms with Crippen molar-refractivity contribution in [2.75, 3.05) is 7.05 Å². The van der Waals surface area contributed by atoms with Crippen LogP contribution in [0.3, 0.4) is 0 Å². The second kappa shape index (κ2) is 1.76. The van der Waals surface area contributed by atoms with E-state index in [0.29, 0.717) is 0 Å². The van der Waals surface area contributed by atoms with Crippen molar-refractivity contribution in [1.29, 1.82) is 0 Å². The van der Waals surface area contributed by atoms with E-state index in [4.69, 9.17) is 0 Å². The predicted molar refractivity (Wildman–Crippen MR) is 18.8 cm³/mol. The minimum atomic E-state index is 1.07. The topological polar surface area (TPSA) is 20.3 Å². The molecule has 5 heavy (non-hydrogen) atoms. The number of hydrogen-bond donors (Lipinski definition) is 0. The van der Waals surface area contributed by atoms with Gasteiger partial charge in [0.2, 0.25) is 0 Å². The molecule has 0 atom stereocenters. The lowest BCUT2D eigenvalue weighted by Crippen LogP contribution is -2.02. The van der Waals surface area contributed by atoms with Gasteiger partial charge >= 0.3 is 6.41 Å². The first-order valence-corrected chi connectivity index (χ1v) is 1.19. The molecule has 0 spiro atoms. The van der Waals surface area contributed by atoms with Gasteiger partial charge in [-0.15, -0.1) is 0 Å². The molecule has 0 unspecified atom stereocenters. The summed E-state index contributed by atoms with van der Waals surface area (Å²) in [6, 6.07) is 0. The second-order valence-electron chi connectivity index (χ2n) is 0.789. The number of nitrogens with zero attached hydrogens (tertiary/aromatic N) is 1. The fourth-order valence-corrected chi connectivity index (χ4v) is 0. The van der Waals surface area contributed by atoms with Crippen LogP contribution in [-0.2, 0) is 4.79 Å². The van der Waals surface area contributed by atoms with Crippen molar-refractivity contribution < 1.29 is 4.79 Å². The Morgan fingerprint density at radius 2 is 2.20 bits per heavy atom. The Kier molecular flexibility index (Phi) is 1.57. The molecule has 0 aromatic heterocycles. The molecular weight excluding hydrogens is 66.0 g/mol. The molecule has 0 aliphatic rings. The van der Waals surface area contributed by atoms with Crippen molar-refractivity contribution in [3.8, 4) is 0 Å². The third-order valence-electron chi connectivity index (χ3n) is 0.156. The Morgan fingerprint density at radius 3 is 2.20 bits per heavy atom. The van der Waals surface area contributed by atoms with Crippen LogP contribution in [0.2, 0.25) is 0 Å². The first-order chi connectivity index (χ1) is 2.27. The molecule has 2 heteroatoms. The van der Waals surface area contributed by atoms with Gasteiger partial charge in [0.05, 0.1) is 0 Å². The minimum Gasteiger partial charge on any atom is -0.336 e. The molecule has 2 radical (unpaired) electrons. The van der Waals surface area contributed by atoms with Gasteiger partial charge in [0.15, 0.2) is 0 Å². The number of rotatable bonds is 1. The van der Waals surface area contributed by atoms with Gasteiger partial charge < -0.3 is 4.90 Å². The summed E-state index contributed by atoms with van der Waals surface area (Å²) >= 11 is 0. The Labute approximate surface area is 31.4 Å². The highest BCUT2D eigenvalue weighted by Gasteiger charge is 1.72. The Morgan fingerprint density at radius 1 is 2.00 bits per heavy atom. The molecule has 28 valence electrons. The zero-order valence-corrected chi connectivity index (χ0v) is 3.06. The Bertz CT molecular complexity index is 33.9. The Balaban J connectivity index is 2.83. The fraction of sp³-hybridized carbons (Fsp3) is 0.333. The molecule has 0 saturated carbocycles. The van der Waals surface area contributed by atoms with Crippen LogP contribution in [-0.4, -0.2) is 18.4 Å². The van der Waals surface area contributed by atoms with Gasteiger partial charge in [-0.1, -0.05) is 0 Å². The molecule has 0 N–H and O–H groups in total. The van der Waals surface area contributed by atoms with Gasteiger partial charge in [-0.3, -0.25) is 4.79 Å². The SMILES string of the molecule is [CH2]N(C)[C]=O. The standard InChI is InChI=1S/C3H5NO/c1-4(2)3-5/h1H2,2H3. The van der Waals surface area contributed by atoms with Crippen LogP contribution in [0, 0.1) is 7.05 Å². The van der Waals surface area contributed by atoms with E-state index in [1.54, 1.807) is 0 Å². The minimum absolute atomic E-state index is 1.07. The molecule has 0 fully saturated rings. The first-order valence-electron chi connectivity index (χ1n) is 1.19. The zero-order chi connectivity index (χ0) is 4.28. The van der Waals surface area contributed by atoms with Gasteiger partial charge in [0.25, 0.3) is 0 Å². The molecule has 0 aromatic carbocycles. The lowest BCUT2D eigenvalue weighted by molar-refractivity contribution is 0.497. The molecule has 0 aliphatic heterocycles. The molecule has 0 aromatic rings. The molecule has 0 aliphatic carbocycles. The van der Waals surface area contributed by atoms with Crippen LogP contribution >= 0.6 is 0 Å². The third kappa shape index (κ3) is 3.47. The van der Waals surface area contributed by atoms with Gasteiger partial charge in [-0.05, 0) is 0 Å². The molecule has 0 saturated heterocycles. The van der Waals surface area contributed by atoms with E-state index in [1.807, 2.05) is 0 Å². The van der Waals surface area contributed by atoms with Crippen molar-refractivity contribution >= 4 is 6.41 Å². The molecule has 1 amide bonds. The maximum absolute atomic E-state index is 9.24. The third-order valence-corrected chi connectivity index (χ3v) is 0.156. The zero-order valence-electron chi connectivity index (χ0n) is 3.06. The average Bonchev–Trinajstić information content (AvgIpc) is 1.38.